The van der Waals surface area contributed by atoms with E-state index in [1.54, 1.807) is 0 Å². The van der Waals surface area contributed by atoms with Gasteiger partial charge >= 0.3 is 0 Å². The van der Waals surface area contributed by atoms with E-state index < -0.39 is 0 Å². The van der Waals surface area contributed by atoms with E-state index in [1.807, 2.05) is 7.05 Å². The van der Waals surface area contributed by atoms with Crippen molar-refractivity contribution in [2.75, 3.05) is 13.7 Å². The maximum absolute atomic E-state index is 5.52. The Morgan fingerprint density at radius 3 is 2.91 bits per heavy atom. The molecule has 2 aliphatic heterocycles. The molecular weight excluding hydrogens is 166 g/mol. The monoisotopic (exact) mass is 179 g/mol. The van der Waals surface area contributed by atoms with Crippen molar-refractivity contribution in [3.8, 4) is 0 Å². The molecule has 0 aliphatic carbocycles. The minimum atomic E-state index is 0. The van der Waals surface area contributed by atoms with Crippen molar-refractivity contribution < 1.29 is 9.47 Å². The minimum Gasteiger partial charge on any atom is -0.348 e. The van der Waals surface area contributed by atoms with Crippen LogP contribution >= 0.6 is 12.4 Å². The van der Waals surface area contributed by atoms with Crippen LogP contribution in [0, 0.1) is 0 Å². The largest absolute Gasteiger partial charge is 0.348 e. The maximum atomic E-state index is 5.52. The highest BCUT2D eigenvalue weighted by Crippen LogP contribution is 2.26. The SMILES string of the molecule is CN[C@@H]1CC[C@H]2CO[C@@H]1O2.Cl. The van der Waals surface area contributed by atoms with Crippen LogP contribution in [-0.4, -0.2) is 32.1 Å². The molecule has 0 radical (unpaired) electrons. The predicted molar refractivity (Wildman–Crippen MR) is 43.9 cm³/mol. The van der Waals surface area contributed by atoms with Gasteiger partial charge in [0, 0.05) is 0 Å². The van der Waals surface area contributed by atoms with Crippen molar-refractivity contribution in [1.82, 2.24) is 5.32 Å². The number of ether oxygens (including phenoxy) is 2. The van der Waals surface area contributed by atoms with Crippen LogP contribution in [0.3, 0.4) is 0 Å². The zero-order valence-electron chi connectivity index (χ0n) is 6.58. The summed E-state index contributed by atoms with van der Waals surface area (Å²) >= 11 is 0. The number of hydrogen-bond acceptors (Lipinski definition) is 3. The molecule has 1 N–H and O–H groups in total. The Morgan fingerprint density at radius 2 is 2.18 bits per heavy atom. The topological polar surface area (TPSA) is 30.5 Å². The highest BCUT2D eigenvalue weighted by Gasteiger charge is 2.36. The Labute approximate surface area is 72.8 Å². The number of hydrogen-bond donors (Lipinski definition) is 1. The molecule has 0 unspecified atom stereocenters. The normalized spacial score (nSPS) is 41.7. The Kier molecular flexibility index (Phi) is 3.13. The molecule has 0 aromatic rings. The fraction of sp³-hybridized carbons (Fsp3) is 1.00. The standard InChI is InChI=1S/C7H13NO2.ClH/c1-8-6-3-2-5-4-9-7(6)10-5;/h5-8H,2-4H2,1H3;1H/t5-,6+,7+;/m0./s1. The zero-order chi connectivity index (χ0) is 6.97. The molecule has 2 rings (SSSR count). The molecule has 2 saturated heterocycles. The van der Waals surface area contributed by atoms with Gasteiger partial charge in [0.15, 0.2) is 6.29 Å². The Bertz CT molecular complexity index is 134. The molecule has 0 aromatic heterocycles. The fourth-order valence-electron chi connectivity index (χ4n) is 1.61. The van der Waals surface area contributed by atoms with Crippen LogP contribution in [0.5, 0.6) is 0 Å². The lowest BCUT2D eigenvalue weighted by Crippen LogP contribution is -2.41. The third kappa shape index (κ3) is 1.67. The van der Waals surface area contributed by atoms with Crippen LogP contribution in [-0.2, 0) is 9.47 Å². The molecule has 0 aromatic carbocycles. The highest BCUT2D eigenvalue weighted by molar-refractivity contribution is 5.85. The summed E-state index contributed by atoms with van der Waals surface area (Å²) in [6.07, 6.45) is 2.74. The van der Waals surface area contributed by atoms with Crippen LogP contribution in [0.1, 0.15) is 12.8 Å². The van der Waals surface area contributed by atoms with Gasteiger partial charge in [0.1, 0.15) is 0 Å². The lowest BCUT2D eigenvalue weighted by atomic mass is 10.1. The Balaban J connectivity index is 0.000000605. The summed E-state index contributed by atoms with van der Waals surface area (Å²) in [5.41, 5.74) is 0. The lowest BCUT2D eigenvalue weighted by Gasteiger charge is -2.26. The second-order valence-electron chi connectivity index (χ2n) is 2.93. The first kappa shape index (κ1) is 9.26. The third-order valence-electron chi connectivity index (χ3n) is 2.27. The molecule has 3 nitrogen and oxygen atoms in total. The van der Waals surface area contributed by atoms with E-state index in [1.165, 1.54) is 6.42 Å². The molecule has 0 amide bonds. The quantitative estimate of drug-likeness (QED) is 0.637. The Morgan fingerprint density at radius 1 is 1.36 bits per heavy atom. The van der Waals surface area contributed by atoms with Gasteiger partial charge in [-0.2, -0.15) is 0 Å². The fourth-order valence-corrected chi connectivity index (χ4v) is 1.61. The summed E-state index contributed by atoms with van der Waals surface area (Å²) in [5, 5.41) is 3.18. The molecule has 2 bridgehead atoms. The number of likely N-dealkylation sites (N-methyl/N-ethyl adjacent to an activating group) is 1. The lowest BCUT2D eigenvalue weighted by molar-refractivity contribution is -0.101. The number of rotatable bonds is 1. The first-order valence-corrected chi connectivity index (χ1v) is 3.84. The van der Waals surface area contributed by atoms with Crippen LogP contribution in [0.15, 0.2) is 0 Å². The molecule has 11 heavy (non-hydrogen) atoms. The summed E-state index contributed by atoms with van der Waals surface area (Å²) < 4.78 is 10.9. The summed E-state index contributed by atoms with van der Waals surface area (Å²) in [5.74, 6) is 0. The number of halogens is 1. The van der Waals surface area contributed by atoms with Gasteiger partial charge in [-0.1, -0.05) is 0 Å². The average molecular weight is 180 g/mol. The smallest absolute Gasteiger partial charge is 0.173 e. The van der Waals surface area contributed by atoms with Crippen LogP contribution in [0.2, 0.25) is 0 Å². The summed E-state index contributed by atoms with van der Waals surface area (Å²) in [6, 6.07) is 0.416. The van der Waals surface area contributed by atoms with Crippen LogP contribution < -0.4 is 5.32 Å². The van der Waals surface area contributed by atoms with Gasteiger partial charge in [0.2, 0.25) is 0 Å². The predicted octanol–water partition coefficient (Wildman–Crippen LogP) is 0.531. The molecule has 0 saturated carbocycles. The van der Waals surface area contributed by atoms with Crippen molar-refractivity contribution in [3.05, 3.63) is 0 Å². The van der Waals surface area contributed by atoms with E-state index >= 15 is 0 Å². The van der Waals surface area contributed by atoms with Crippen molar-refractivity contribution in [2.45, 2.75) is 31.3 Å². The van der Waals surface area contributed by atoms with Gasteiger partial charge in [-0.3, -0.25) is 0 Å². The molecule has 2 heterocycles. The van der Waals surface area contributed by atoms with Crippen molar-refractivity contribution in [1.29, 1.82) is 0 Å². The Hall–Kier alpha value is 0.170. The van der Waals surface area contributed by atoms with E-state index in [0.29, 0.717) is 12.1 Å². The first-order valence-electron chi connectivity index (χ1n) is 3.84. The van der Waals surface area contributed by atoms with Gasteiger partial charge in [0.05, 0.1) is 18.8 Å². The summed E-state index contributed by atoms with van der Waals surface area (Å²) in [7, 11) is 1.95. The van der Waals surface area contributed by atoms with Gasteiger partial charge in [-0.15, -0.1) is 12.4 Å². The minimum absolute atomic E-state index is 0. The molecular formula is C7H14ClNO2. The maximum Gasteiger partial charge on any atom is 0.173 e. The van der Waals surface area contributed by atoms with E-state index in [9.17, 15) is 0 Å². The zero-order valence-corrected chi connectivity index (χ0v) is 7.39. The first-order chi connectivity index (χ1) is 4.90. The molecule has 4 heteroatoms. The number of fused-ring (bicyclic) bond motifs is 2. The van der Waals surface area contributed by atoms with Crippen LogP contribution in [0.25, 0.3) is 0 Å². The van der Waals surface area contributed by atoms with Crippen molar-refractivity contribution >= 4 is 12.4 Å². The number of nitrogens with one attached hydrogen (secondary N) is 1. The van der Waals surface area contributed by atoms with Crippen LogP contribution in [0.4, 0.5) is 0 Å². The second kappa shape index (κ2) is 3.72. The van der Waals surface area contributed by atoms with Gasteiger partial charge in [0.25, 0.3) is 0 Å². The summed E-state index contributed by atoms with van der Waals surface area (Å²) in [6.45, 7) is 0.794. The van der Waals surface area contributed by atoms with E-state index in [0.717, 1.165) is 13.0 Å². The van der Waals surface area contributed by atoms with Gasteiger partial charge in [-0.25, -0.2) is 0 Å². The van der Waals surface area contributed by atoms with Crippen molar-refractivity contribution in [2.24, 2.45) is 0 Å². The molecule has 3 atom stereocenters. The van der Waals surface area contributed by atoms with Gasteiger partial charge in [-0.05, 0) is 19.9 Å². The summed E-state index contributed by atoms with van der Waals surface area (Å²) in [4.78, 5) is 0. The average Bonchev–Trinajstić information content (AvgIpc) is 2.34. The van der Waals surface area contributed by atoms with Gasteiger partial charge < -0.3 is 14.8 Å². The molecule has 2 fully saturated rings. The molecule has 2 aliphatic rings. The molecule has 0 spiro atoms. The van der Waals surface area contributed by atoms with E-state index in [-0.39, 0.29) is 18.7 Å². The van der Waals surface area contributed by atoms with E-state index in [2.05, 4.69) is 5.32 Å². The highest BCUT2D eigenvalue weighted by atomic mass is 35.5. The van der Waals surface area contributed by atoms with E-state index in [4.69, 9.17) is 9.47 Å². The second-order valence-corrected chi connectivity index (χ2v) is 2.93. The third-order valence-corrected chi connectivity index (χ3v) is 2.27. The van der Waals surface area contributed by atoms with Crippen molar-refractivity contribution in [3.63, 3.8) is 0 Å². The molecule has 66 valence electrons.